The molecule has 0 aromatic carbocycles. The van der Waals surface area contributed by atoms with E-state index in [4.69, 9.17) is 4.74 Å². The molecule has 0 radical (unpaired) electrons. The molecule has 0 saturated heterocycles. The summed E-state index contributed by atoms with van der Waals surface area (Å²) in [6, 6.07) is 4.11. The van der Waals surface area contributed by atoms with Crippen LogP contribution >= 0.6 is 0 Å². The summed E-state index contributed by atoms with van der Waals surface area (Å²) >= 11 is 0. The first kappa shape index (κ1) is 16.3. The van der Waals surface area contributed by atoms with Gasteiger partial charge in [-0.2, -0.15) is 5.10 Å². The molecule has 1 saturated carbocycles. The molecule has 1 aliphatic carbocycles. The van der Waals surface area contributed by atoms with Crippen LogP contribution in [0.3, 0.4) is 0 Å². The van der Waals surface area contributed by atoms with Crippen molar-refractivity contribution in [1.29, 1.82) is 0 Å². The Morgan fingerprint density at radius 1 is 1.00 bits per heavy atom. The minimum Gasteiger partial charge on any atom is -0.477 e. The summed E-state index contributed by atoms with van der Waals surface area (Å²) < 4.78 is 5.63. The molecule has 0 bridgehead atoms. The van der Waals surface area contributed by atoms with Crippen LogP contribution in [-0.2, 0) is 0 Å². The number of nitrogens with zero attached hydrogens (tertiary/aromatic N) is 2. The van der Waals surface area contributed by atoms with Crippen molar-refractivity contribution in [2.45, 2.75) is 77.6 Å². The minimum absolute atomic E-state index is 0.611. The van der Waals surface area contributed by atoms with Crippen molar-refractivity contribution < 1.29 is 4.74 Å². The van der Waals surface area contributed by atoms with Gasteiger partial charge in [-0.05, 0) is 44.1 Å². The highest BCUT2D eigenvalue weighted by atomic mass is 16.5. The summed E-state index contributed by atoms with van der Waals surface area (Å²) in [5, 5.41) is 8.63. The zero-order valence-electron chi connectivity index (χ0n) is 13.7. The van der Waals surface area contributed by atoms with Crippen molar-refractivity contribution in [3.63, 3.8) is 0 Å². The highest BCUT2D eigenvalue weighted by molar-refractivity contribution is 5.15. The average molecular weight is 290 g/mol. The number of hydrogen-bond donors (Lipinski definition) is 0. The number of ether oxygens (including phenoxy) is 1. The quantitative estimate of drug-likeness (QED) is 0.623. The van der Waals surface area contributed by atoms with E-state index in [2.05, 4.69) is 30.1 Å². The average Bonchev–Trinajstić information content (AvgIpc) is 2.53. The second-order valence-electron chi connectivity index (χ2n) is 6.36. The second-order valence-corrected chi connectivity index (χ2v) is 6.36. The van der Waals surface area contributed by atoms with Crippen LogP contribution in [0.1, 0.15) is 83.2 Å². The Morgan fingerprint density at radius 3 is 2.43 bits per heavy atom. The first-order valence-corrected chi connectivity index (χ1v) is 8.79. The van der Waals surface area contributed by atoms with Gasteiger partial charge >= 0.3 is 0 Å². The lowest BCUT2D eigenvalue weighted by Gasteiger charge is -2.27. The molecule has 2 rings (SSSR count). The van der Waals surface area contributed by atoms with E-state index in [1.807, 2.05) is 6.07 Å². The van der Waals surface area contributed by atoms with E-state index in [-0.39, 0.29) is 0 Å². The summed E-state index contributed by atoms with van der Waals surface area (Å²) in [5.41, 5.74) is 1.16. The van der Waals surface area contributed by atoms with Gasteiger partial charge in [-0.3, -0.25) is 0 Å². The fourth-order valence-corrected chi connectivity index (χ4v) is 3.31. The van der Waals surface area contributed by atoms with Gasteiger partial charge in [0.15, 0.2) is 0 Å². The molecule has 0 spiro atoms. The molecule has 118 valence electrons. The standard InChI is InChI=1S/C18H30N2O/c1-3-5-6-14-21-18-13-12-17(19-20-18)16-10-8-15(7-4-2)9-11-16/h12-13,15-16H,3-11,14H2,1-2H3. The molecule has 0 atom stereocenters. The van der Waals surface area contributed by atoms with Gasteiger partial charge in [0.1, 0.15) is 0 Å². The maximum Gasteiger partial charge on any atom is 0.233 e. The fourth-order valence-electron chi connectivity index (χ4n) is 3.31. The zero-order chi connectivity index (χ0) is 14.9. The molecule has 0 aliphatic heterocycles. The second kappa shape index (κ2) is 9.01. The van der Waals surface area contributed by atoms with Gasteiger partial charge in [0, 0.05) is 12.0 Å². The maximum atomic E-state index is 5.63. The molecule has 3 nitrogen and oxygen atoms in total. The summed E-state index contributed by atoms with van der Waals surface area (Å²) in [6.45, 7) is 5.24. The van der Waals surface area contributed by atoms with E-state index in [0.717, 1.165) is 24.6 Å². The number of rotatable bonds is 8. The van der Waals surface area contributed by atoms with Crippen LogP contribution < -0.4 is 4.74 Å². The molecule has 1 heterocycles. The van der Waals surface area contributed by atoms with E-state index >= 15 is 0 Å². The first-order chi connectivity index (χ1) is 10.3. The molecule has 21 heavy (non-hydrogen) atoms. The van der Waals surface area contributed by atoms with E-state index in [9.17, 15) is 0 Å². The lowest BCUT2D eigenvalue weighted by atomic mass is 9.79. The van der Waals surface area contributed by atoms with Gasteiger partial charge in [-0.25, -0.2) is 0 Å². The fraction of sp³-hybridized carbons (Fsp3) is 0.778. The summed E-state index contributed by atoms with van der Waals surface area (Å²) in [7, 11) is 0. The molecular weight excluding hydrogens is 260 g/mol. The predicted octanol–water partition coefficient (Wildman–Crippen LogP) is 5.12. The monoisotopic (exact) mass is 290 g/mol. The minimum atomic E-state index is 0.611. The van der Waals surface area contributed by atoms with Crippen molar-refractivity contribution in [2.75, 3.05) is 6.61 Å². The van der Waals surface area contributed by atoms with Gasteiger partial charge in [-0.15, -0.1) is 5.10 Å². The summed E-state index contributed by atoms with van der Waals surface area (Å²) in [5.74, 6) is 2.23. The normalized spacial score (nSPS) is 22.2. The highest BCUT2D eigenvalue weighted by Gasteiger charge is 2.22. The number of aromatic nitrogens is 2. The number of unbranched alkanes of at least 4 members (excludes halogenated alkanes) is 2. The Balaban J connectivity index is 1.77. The van der Waals surface area contributed by atoms with Gasteiger partial charge in [0.2, 0.25) is 5.88 Å². The van der Waals surface area contributed by atoms with Gasteiger partial charge in [-0.1, -0.05) is 39.5 Å². The van der Waals surface area contributed by atoms with Crippen LogP contribution in [0.4, 0.5) is 0 Å². The van der Waals surface area contributed by atoms with E-state index in [0.29, 0.717) is 11.8 Å². The van der Waals surface area contributed by atoms with Crippen LogP contribution in [0.15, 0.2) is 12.1 Å². The Hall–Kier alpha value is -1.12. The van der Waals surface area contributed by atoms with E-state index in [1.54, 1.807) is 0 Å². The smallest absolute Gasteiger partial charge is 0.233 e. The summed E-state index contributed by atoms with van der Waals surface area (Å²) in [4.78, 5) is 0. The van der Waals surface area contributed by atoms with Crippen LogP contribution in [0, 0.1) is 5.92 Å². The molecule has 1 aromatic heterocycles. The van der Waals surface area contributed by atoms with Crippen molar-refractivity contribution in [1.82, 2.24) is 10.2 Å². The van der Waals surface area contributed by atoms with E-state index in [1.165, 1.54) is 51.4 Å². The van der Waals surface area contributed by atoms with Crippen molar-refractivity contribution in [2.24, 2.45) is 5.92 Å². The third kappa shape index (κ3) is 5.29. The molecule has 1 fully saturated rings. The molecule has 3 heteroatoms. The van der Waals surface area contributed by atoms with Gasteiger partial charge in [0.25, 0.3) is 0 Å². The summed E-state index contributed by atoms with van der Waals surface area (Å²) in [6.07, 6.45) is 11.5. The maximum absolute atomic E-state index is 5.63. The van der Waals surface area contributed by atoms with Crippen molar-refractivity contribution >= 4 is 0 Å². The van der Waals surface area contributed by atoms with Crippen molar-refractivity contribution in [3.8, 4) is 5.88 Å². The Labute approximate surface area is 129 Å². The zero-order valence-corrected chi connectivity index (χ0v) is 13.7. The van der Waals surface area contributed by atoms with Crippen LogP contribution in [0.25, 0.3) is 0 Å². The SMILES string of the molecule is CCCCCOc1ccc(C2CCC(CCC)CC2)nn1. The molecule has 0 unspecified atom stereocenters. The molecule has 1 aromatic rings. The largest absolute Gasteiger partial charge is 0.477 e. The predicted molar refractivity (Wildman–Crippen MR) is 86.7 cm³/mol. The Kier molecular flexibility index (Phi) is 6.98. The van der Waals surface area contributed by atoms with Crippen LogP contribution in [0.2, 0.25) is 0 Å². The third-order valence-electron chi connectivity index (χ3n) is 4.62. The highest BCUT2D eigenvalue weighted by Crippen LogP contribution is 2.36. The topological polar surface area (TPSA) is 35.0 Å². The lowest BCUT2D eigenvalue weighted by Crippen LogP contribution is -2.14. The lowest BCUT2D eigenvalue weighted by molar-refractivity contribution is 0.287. The van der Waals surface area contributed by atoms with Gasteiger partial charge in [0.05, 0.1) is 12.3 Å². The molecular formula is C18H30N2O. The Bertz CT molecular complexity index is 383. The Morgan fingerprint density at radius 2 is 1.81 bits per heavy atom. The molecule has 0 N–H and O–H groups in total. The first-order valence-electron chi connectivity index (χ1n) is 8.79. The molecule has 1 aliphatic rings. The third-order valence-corrected chi connectivity index (χ3v) is 4.62. The number of hydrogen-bond acceptors (Lipinski definition) is 3. The molecule has 0 amide bonds. The van der Waals surface area contributed by atoms with E-state index < -0.39 is 0 Å². The van der Waals surface area contributed by atoms with Crippen molar-refractivity contribution in [3.05, 3.63) is 17.8 Å². The van der Waals surface area contributed by atoms with Crippen LogP contribution in [0.5, 0.6) is 5.88 Å². The van der Waals surface area contributed by atoms with Gasteiger partial charge < -0.3 is 4.74 Å². The van der Waals surface area contributed by atoms with Crippen LogP contribution in [-0.4, -0.2) is 16.8 Å².